The molecule has 0 unspecified atom stereocenters. The van der Waals surface area contributed by atoms with Gasteiger partial charge in [0.1, 0.15) is 0 Å². The van der Waals surface area contributed by atoms with Gasteiger partial charge in [0.2, 0.25) is 0 Å². The van der Waals surface area contributed by atoms with Crippen LogP contribution in [0.4, 0.5) is 0 Å². The molecule has 0 saturated heterocycles. The highest BCUT2D eigenvalue weighted by Crippen LogP contribution is 2.24. The van der Waals surface area contributed by atoms with Crippen LogP contribution in [0.1, 0.15) is 17.0 Å². The summed E-state index contributed by atoms with van der Waals surface area (Å²) in [6.07, 6.45) is 2.32. The molecule has 0 bridgehead atoms. The van der Waals surface area contributed by atoms with Gasteiger partial charge in [-0.25, -0.2) is 0 Å². The van der Waals surface area contributed by atoms with E-state index < -0.39 is 0 Å². The summed E-state index contributed by atoms with van der Waals surface area (Å²) in [5.74, 6) is 0.156. The quantitative estimate of drug-likeness (QED) is 0.811. The lowest BCUT2D eigenvalue weighted by Crippen LogP contribution is -2.25. The third kappa shape index (κ3) is 3.45. The largest absolute Gasteiger partial charge is 0.459 e. The molecule has 1 heterocycles. The van der Waals surface area contributed by atoms with Gasteiger partial charge in [0, 0.05) is 25.8 Å². The molecule has 19 heavy (non-hydrogen) atoms. The molecule has 1 aromatic heterocycles. The molecule has 1 aromatic carbocycles. The van der Waals surface area contributed by atoms with Crippen molar-refractivity contribution in [3.05, 3.63) is 48.4 Å². The number of hydrogen-bond acceptors (Lipinski definition) is 3. The van der Waals surface area contributed by atoms with Crippen molar-refractivity contribution in [1.29, 1.82) is 0 Å². The highest BCUT2D eigenvalue weighted by molar-refractivity contribution is 5.98. The second kappa shape index (κ2) is 6.75. The van der Waals surface area contributed by atoms with Gasteiger partial charge in [-0.1, -0.05) is 30.3 Å². The fraction of sp³-hybridized carbons (Fsp3) is 0.267. The zero-order chi connectivity index (χ0) is 13.5. The second-order valence-corrected chi connectivity index (χ2v) is 4.13. The van der Waals surface area contributed by atoms with E-state index in [1.165, 1.54) is 6.26 Å². The lowest BCUT2D eigenvalue weighted by atomic mass is 10.1. The molecule has 0 fully saturated rings. The Morgan fingerprint density at radius 2 is 2.05 bits per heavy atom. The number of carbonyl (C=O) groups excluding carboxylic acids is 1. The molecule has 0 aliphatic carbocycles. The Morgan fingerprint density at radius 1 is 1.26 bits per heavy atom. The molecule has 0 radical (unpaired) electrons. The fourth-order valence-corrected chi connectivity index (χ4v) is 1.83. The fourth-order valence-electron chi connectivity index (χ4n) is 1.83. The molecule has 0 saturated carbocycles. The zero-order valence-electron chi connectivity index (χ0n) is 10.9. The SMILES string of the molecule is COCCCNC(=O)c1occc1-c1ccccc1. The third-order valence-corrected chi connectivity index (χ3v) is 2.77. The monoisotopic (exact) mass is 259 g/mol. The first-order valence-electron chi connectivity index (χ1n) is 6.23. The van der Waals surface area contributed by atoms with E-state index >= 15 is 0 Å². The topological polar surface area (TPSA) is 51.5 Å². The van der Waals surface area contributed by atoms with Crippen LogP contribution < -0.4 is 5.32 Å². The van der Waals surface area contributed by atoms with Crippen LogP contribution in [0.5, 0.6) is 0 Å². The predicted octanol–water partition coefficient (Wildman–Crippen LogP) is 2.71. The van der Waals surface area contributed by atoms with Crippen molar-refractivity contribution in [2.75, 3.05) is 20.3 Å². The highest BCUT2D eigenvalue weighted by atomic mass is 16.5. The summed E-state index contributed by atoms with van der Waals surface area (Å²) in [5, 5.41) is 2.82. The number of ether oxygens (including phenoxy) is 1. The van der Waals surface area contributed by atoms with Crippen LogP contribution in [0.25, 0.3) is 11.1 Å². The maximum Gasteiger partial charge on any atom is 0.287 e. The molecule has 1 N–H and O–H groups in total. The summed E-state index contributed by atoms with van der Waals surface area (Å²) in [4.78, 5) is 12.0. The standard InChI is InChI=1S/C15H17NO3/c1-18-10-5-9-16-15(17)14-13(8-11-19-14)12-6-3-2-4-7-12/h2-4,6-8,11H,5,9-10H2,1H3,(H,16,17). The lowest BCUT2D eigenvalue weighted by molar-refractivity contribution is 0.0922. The maximum absolute atomic E-state index is 12.0. The summed E-state index contributed by atoms with van der Waals surface area (Å²) in [6.45, 7) is 1.20. The van der Waals surface area contributed by atoms with E-state index in [0.717, 1.165) is 17.5 Å². The minimum absolute atomic E-state index is 0.194. The van der Waals surface area contributed by atoms with Crippen LogP contribution in [0.3, 0.4) is 0 Å². The number of nitrogens with one attached hydrogen (secondary N) is 1. The van der Waals surface area contributed by atoms with E-state index in [2.05, 4.69) is 5.32 Å². The molecule has 4 heteroatoms. The average Bonchev–Trinajstić information content (AvgIpc) is 2.94. The minimum Gasteiger partial charge on any atom is -0.459 e. The van der Waals surface area contributed by atoms with Crippen LogP contribution in [0.15, 0.2) is 47.1 Å². The van der Waals surface area contributed by atoms with Crippen molar-refractivity contribution in [1.82, 2.24) is 5.32 Å². The molecule has 0 spiro atoms. The van der Waals surface area contributed by atoms with E-state index in [0.29, 0.717) is 18.9 Å². The third-order valence-electron chi connectivity index (χ3n) is 2.77. The van der Waals surface area contributed by atoms with Crippen LogP contribution in [0.2, 0.25) is 0 Å². The van der Waals surface area contributed by atoms with Gasteiger partial charge in [0.15, 0.2) is 5.76 Å². The van der Waals surface area contributed by atoms with Gasteiger partial charge in [-0.15, -0.1) is 0 Å². The summed E-state index contributed by atoms with van der Waals surface area (Å²) in [5.41, 5.74) is 1.78. The Balaban J connectivity index is 2.05. The van der Waals surface area contributed by atoms with Crippen molar-refractivity contribution in [3.8, 4) is 11.1 Å². The zero-order valence-corrected chi connectivity index (χ0v) is 10.9. The van der Waals surface area contributed by atoms with Crippen LogP contribution in [-0.2, 0) is 4.74 Å². The number of hydrogen-bond donors (Lipinski definition) is 1. The van der Waals surface area contributed by atoms with Crippen molar-refractivity contribution < 1.29 is 13.9 Å². The summed E-state index contributed by atoms with van der Waals surface area (Å²) < 4.78 is 10.2. The smallest absolute Gasteiger partial charge is 0.287 e. The van der Waals surface area contributed by atoms with Crippen molar-refractivity contribution in [2.45, 2.75) is 6.42 Å². The number of methoxy groups -OCH3 is 1. The minimum atomic E-state index is -0.194. The van der Waals surface area contributed by atoms with Gasteiger partial charge in [-0.3, -0.25) is 4.79 Å². The van der Waals surface area contributed by atoms with E-state index in [-0.39, 0.29) is 5.91 Å². The van der Waals surface area contributed by atoms with Gasteiger partial charge in [-0.2, -0.15) is 0 Å². The normalized spacial score (nSPS) is 10.4. The molecular formula is C15H17NO3. The Morgan fingerprint density at radius 3 is 2.79 bits per heavy atom. The molecule has 4 nitrogen and oxygen atoms in total. The van der Waals surface area contributed by atoms with Crippen LogP contribution in [-0.4, -0.2) is 26.2 Å². The summed E-state index contributed by atoms with van der Waals surface area (Å²) >= 11 is 0. The molecule has 100 valence electrons. The predicted molar refractivity (Wildman–Crippen MR) is 73.0 cm³/mol. The number of furan rings is 1. The molecule has 0 aliphatic rings. The molecule has 0 aliphatic heterocycles. The lowest BCUT2D eigenvalue weighted by Gasteiger charge is -2.05. The molecule has 0 atom stereocenters. The molecule has 1 amide bonds. The Hall–Kier alpha value is -2.07. The number of amides is 1. The van der Waals surface area contributed by atoms with E-state index in [4.69, 9.17) is 9.15 Å². The number of rotatable bonds is 6. The van der Waals surface area contributed by atoms with Crippen LogP contribution >= 0.6 is 0 Å². The number of carbonyl (C=O) groups is 1. The second-order valence-electron chi connectivity index (χ2n) is 4.13. The van der Waals surface area contributed by atoms with Gasteiger partial charge < -0.3 is 14.5 Å². The Labute approximate surface area is 112 Å². The highest BCUT2D eigenvalue weighted by Gasteiger charge is 2.15. The van der Waals surface area contributed by atoms with E-state index in [1.54, 1.807) is 13.2 Å². The first-order chi connectivity index (χ1) is 9.33. The maximum atomic E-state index is 12.0. The molecular weight excluding hydrogens is 242 g/mol. The first-order valence-corrected chi connectivity index (χ1v) is 6.23. The van der Waals surface area contributed by atoms with Gasteiger partial charge >= 0.3 is 0 Å². The van der Waals surface area contributed by atoms with Crippen LogP contribution in [0, 0.1) is 0 Å². The van der Waals surface area contributed by atoms with Crippen molar-refractivity contribution in [2.24, 2.45) is 0 Å². The van der Waals surface area contributed by atoms with Crippen molar-refractivity contribution in [3.63, 3.8) is 0 Å². The van der Waals surface area contributed by atoms with E-state index in [1.807, 2.05) is 30.3 Å². The van der Waals surface area contributed by atoms with Gasteiger partial charge in [0.25, 0.3) is 5.91 Å². The van der Waals surface area contributed by atoms with Gasteiger partial charge in [0.05, 0.1) is 6.26 Å². The van der Waals surface area contributed by atoms with Crippen molar-refractivity contribution >= 4 is 5.91 Å². The first kappa shape index (κ1) is 13.4. The van der Waals surface area contributed by atoms with Gasteiger partial charge in [-0.05, 0) is 18.1 Å². The Kier molecular flexibility index (Phi) is 4.75. The van der Waals surface area contributed by atoms with E-state index in [9.17, 15) is 4.79 Å². The summed E-state index contributed by atoms with van der Waals surface area (Å²) in [6, 6.07) is 11.5. The Bertz CT molecular complexity index is 519. The average molecular weight is 259 g/mol. The number of benzene rings is 1. The molecule has 2 rings (SSSR count). The molecule has 2 aromatic rings. The summed E-state index contributed by atoms with van der Waals surface area (Å²) in [7, 11) is 1.64.